The van der Waals surface area contributed by atoms with Crippen molar-refractivity contribution >= 4 is 5.82 Å². The van der Waals surface area contributed by atoms with Crippen LogP contribution in [0.3, 0.4) is 0 Å². The zero-order valence-electron chi connectivity index (χ0n) is 14.2. The van der Waals surface area contributed by atoms with Crippen molar-refractivity contribution in [2.45, 2.75) is 0 Å². The van der Waals surface area contributed by atoms with Crippen molar-refractivity contribution in [3.05, 3.63) is 23.3 Å². The number of nitrogens with two attached hydrogens (primary N) is 1. The fourth-order valence-electron chi connectivity index (χ4n) is 2.45. The number of nitriles is 2. The Morgan fingerprint density at radius 1 is 0.840 bits per heavy atom. The molecule has 0 bridgehead atoms. The zero-order chi connectivity index (χ0) is 18.6. The van der Waals surface area contributed by atoms with Crippen molar-refractivity contribution in [2.24, 2.45) is 0 Å². The third kappa shape index (κ3) is 2.93. The molecule has 0 saturated heterocycles. The highest BCUT2D eigenvalue weighted by Crippen LogP contribution is 2.46. The molecule has 0 saturated carbocycles. The van der Waals surface area contributed by atoms with Gasteiger partial charge in [-0.25, -0.2) is 0 Å². The summed E-state index contributed by atoms with van der Waals surface area (Å²) in [4.78, 5) is 3.97. The predicted octanol–water partition coefficient (Wildman–Crippen LogP) is 2.11. The lowest BCUT2D eigenvalue weighted by Gasteiger charge is -2.18. The molecule has 1 aromatic carbocycles. The smallest absolute Gasteiger partial charge is 0.234 e. The van der Waals surface area contributed by atoms with Crippen LogP contribution < -0.4 is 24.7 Å². The van der Waals surface area contributed by atoms with Crippen LogP contribution in [0.4, 0.5) is 5.82 Å². The summed E-state index contributed by atoms with van der Waals surface area (Å²) in [5, 5.41) is 19.1. The molecule has 128 valence electrons. The molecule has 0 atom stereocenters. The van der Waals surface area contributed by atoms with Crippen LogP contribution in [-0.2, 0) is 0 Å². The highest BCUT2D eigenvalue weighted by Gasteiger charge is 2.26. The highest BCUT2D eigenvalue weighted by molar-refractivity contribution is 5.89. The lowest BCUT2D eigenvalue weighted by molar-refractivity contribution is 0.377. The van der Waals surface area contributed by atoms with Crippen LogP contribution in [0.25, 0.3) is 11.1 Å². The van der Waals surface area contributed by atoms with Crippen molar-refractivity contribution in [1.82, 2.24) is 4.98 Å². The maximum Gasteiger partial charge on any atom is 0.234 e. The summed E-state index contributed by atoms with van der Waals surface area (Å²) in [5.41, 5.74) is 6.57. The van der Waals surface area contributed by atoms with Gasteiger partial charge in [0.1, 0.15) is 46.3 Å². The van der Waals surface area contributed by atoms with Crippen molar-refractivity contribution in [3.63, 3.8) is 0 Å². The summed E-state index contributed by atoms with van der Waals surface area (Å²) in [6, 6.07) is 7.22. The fourth-order valence-corrected chi connectivity index (χ4v) is 2.45. The van der Waals surface area contributed by atoms with Gasteiger partial charge in [0.05, 0.1) is 34.0 Å². The Hall–Kier alpha value is -3.65. The Bertz CT molecular complexity index is 872. The highest BCUT2D eigenvalue weighted by atomic mass is 16.5. The Balaban J connectivity index is 3.03. The second-order valence-corrected chi connectivity index (χ2v) is 4.76. The standard InChI is InChI=1S/C17H16N4O4/c1-22-9-5-12(23-2)15(13(6-9)24-3)14-10(7-18)16(20)21-17(25-4)11(14)8-19/h5-6H,1-4H3,(H2,20,21). The number of pyridine rings is 1. The number of benzene rings is 1. The van der Waals surface area contributed by atoms with Gasteiger partial charge in [-0.1, -0.05) is 0 Å². The number of methoxy groups -OCH3 is 4. The number of nitrogen functional groups attached to an aromatic ring is 1. The molecule has 1 heterocycles. The largest absolute Gasteiger partial charge is 0.496 e. The van der Waals surface area contributed by atoms with Gasteiger partial charge in [-0.05, 0) is 0 Å². The maximum absolute atomic E-state index is 9.60. The molecule has 0 radical (unpaired) electrons. The third-order valence-corrected chi connectivity index (χ3v) is 3.57. The molecule has 2 N–H and O–H groups in total. The number of hydrogen-bond donors (Lipinski definition) is 1. The van der Waals surface area contributed by atoms with Gasteiger partial charge in [0.25, 0.3) is 0 Å². The van der Waals surface area contributed by atoms with E-state index in [1.165, 1.54) is 28.4 Å². The number of aromatic nitrogens is 1. The minimum atomic E-state index is -0.0618. The summed E-state index contributed by atoms with van der Waals surface area (Å²) < 4.78 is 21.2. The topological polar surface area (TPSA) is 123 Å². The molecule has 0 aliphatic carbocycles. The molecule has 0 spiro atoms. The van der Waals surface area contributed by atoms with Crippen LogP contribution >= 0.6 is 0 Å². The molecule has 2 aromatic rings. The summed E-state index contributed by atoms with van der Waals surface area (Å²) in [7, 11) is 5.78. The van der Waals surface area contributed by atoms with Crippen LogP contribution in [0, 0.1) is 22.7 Å². The molecule has 0 aliphatic rings. The van der Waals surface area contributed by atoms with E-state index in [4.69, 9.17) is 24.7 Å². The molecule has 2 rings (SSSR count). The first-order valence-corrected chi connectivity index (χ1v) is 7.04. The lowest BCUT2D eigenvalue weighted by atomic mass is 9.94. The molecule has 0 unspecified atom stereocenters. The Kier molecular flexibility index (Phi) is 5.15. The van der Waals surface area contributed by atoms with Crippen molar-refractivity contribution in [2.75, 3.05) is 34.2 Å². The maximum atomic E-state index is 9.60. The molecule has 0 amide bonds. The number of anilines is 1. The van der Waals surface area contributed by atoms with E-state index in [1.54, 1.807) is 12.1 Å². The second kappa shape index (κ2) is 7.28. The van der Waals surface area contributed by atoms with E-state index in [-0.39, 0.29) is 28.4 Å². The van der Waals surface area contributed by atoms with Gasteiger partial charge in [0, 0.05) is 17.7 Å². The van der Waals surface area contributed by atoms with Crippen LogP contribution in [-0.4, -0.2) is 33.4 Å². The lowest BCUT2D eigenvalue weighted by Crippen LogP contribution is -2.06. The zero-order valence-corrected chi connectivity index (χ0v) is 14.2. The molecule has 25 heavy (non-hydrogen) atoms. The quantitative estimate of drug-likeness (QED) is 0.877. The molecular formula is C17H16N4O4. The number of rotatable bonds is 5. The van der Waals surface area contributed by atoms with Crippen molar-refractivity contribution in [3.8, 4) is 46.4 Å². The normalized spacial score (nSPS) is 9.68. The molecule has 1 aromatic heterocycles. The summed E-state index contributed by atoms with van der Waals surface area (Å²) in [6.07, 6.45) is 0. The van der Waals surface area contributed by atoms with E-state index >= 15 is 0 Å². The van der Waals surface area contributed by atoms with Crippen molar-refractivity contribution in [1.29, 1.82) is 10.5 Å². The van der Waals surface area contributed by atoms with Crippen molar-refractivity contribution < 1.29 is 18.9 Å². The first kappa shape index (κ1) is 17.7. The first-order chi connectivity index (χ1) is 12.1. The van der Waals surface area contributed by atoms with E-state index < -0.39 is 0 Å². The van der Waals surface area contributed by atoms with E-state index in [2.05, 4.69) is 4.98 Å². The van der Waals surface area contributed by atoms with Gasteiger partial charge in [-0.3, -0.25) is 0 Å². The van der Waals surface area contributed by atoms with E-state index in [0.717, 1.165) is 0 Å². The van der Waals surface area contributed by atoms with Crippen LogP contribution in [0.5, 0.6) is 23.1 Å². The molecule has 8 heteroatoms. The van der Waals surface area contributed by atoms with Crippen LogP contribution in [0.15, 0.2) is 12.1 Å². The predicted molar refractivity (Wildman–Crippen MR) is 89.7 cm³/mol. The molecule has 8 nitrogen and oxygen atoms in total. The van der Waals surface area contributed by atoms with Crippen LogP contribution in [0.2, 0.25) is 0 Å². The first-order valence-electron chi connectivity index (χ1n) is 7.04. The average molecular weight is 340 g/mol. The number of ether oxygens (including phenoxy) is 4. The summed E-state index contributed by atoms with van der Waals surface area (Å²) >= 11 is 0. The third-order valence-electron chi connectivity index (χ3n) is 3.57. The van der Waals surface area contributed by atoms with Gasteiger partial charge in [-0.15, -0.1) is 0 Å². The Morgan fingerprint density at radius 2 is 1.40 bits per heavy atom. The van der Waals surface area contributed by atoms with E-state index in [0.29, 0.717) is 22.8 Å². The van der Waals surface area contributed by atoms with Gasteiger partial charge in [-0.2, -0.15) is 15.5 Å². The average Bonchev–Trinajstić information content (AvgIpc) is 2.65. The van der Waals surface area contributed by atoms with E-state index in [9.17, 15) is 10.5 Å². The van der Waals surface area contributed by atoms with Gasteiger partial charge >= 0.3 is 0 Å². The molecular weight excluding hydrogens is 324 g/mol. The second-order valence-electron chi connectivity index (χ2n) is 4.76. The van der Waals surface area contributed by atoms with Gasteiger partial charge < -0.3 is 24.7 Å². The number of hydrogen-bond acceptors (Lipinski definition) is 8. The minimum Gasteiger partial charge on any atom is -0.496 e. The molecule has 0 aliphatic heterocycles. The number of nitrogens with zero attached hydrogens (tertiary/aromatic N) is 3. The SMILES string of the molecule is COc1cc(OC)c(-c2c(C#N)c(N)nc(OC)c2C#N)c(OC)c1. The van der Waals surface area contributed by atoms with E-state index in [1.807, 2.05) is 12.1 Å². The van der Waals surface area contributed by atoms with Gasteiger partial charge in [0.15, 0.2) is 0 Å². The van der Waals surface area contributed by atoms with Crippen LogP contribution in [0.1, 0.15) is 11.1 Å². The van der Waals surface area contributed by atoms with Gasteiger partial charge in [0.2, 0.25) is 5.88 Å². The summed E-state index contributed by atoms with van der Waals surface area (Å²) in [6.45, 7) is 0. The molecule has 0 fully saturated rings. The Labute approximate surface area is 144 Å². The minimum absolute atomic E-state index is 0.00826. The summed E-state index contributed by atoms with van der Waals surface area (Å²) in [5.74, 6) is 1.12. The monoisotopic (exact) mass is 340 g/mol. The fraction of sp³-hybridized carbons (Fsp3) is 0.235. The Morgan fingerprint density at radius 3 is 1.80 bits per heavy atom.